The van der Waals surface area contributed by atoms with Crippen molar-refractivity contribution in [2.24, 2.45) is 23.2 Å². The molecule has 34 heavy (non-hydrogen) atoms. The maximum absolute atomic E-state index is 12.8. The third-order valence-electron chi connectivity index (χ3n) is 8.53. The molecule has 0 amide bonds. The van der Waals surface area contributed by atoms with Gasteiger partial charge in [-0.3, -0.25) is 4.79 Å². The van der Waals surface area contributed by atoms with Crippen LogP contribution in [0.5, 0.6) is 5.75 Å². The number of carbonyl (C=O) groups is 1. The molecule has 5 nitrogen and oxygen atoms in total. The molecule has 6 atom stereocenters. The molecule has 1 heterocycles. The van der Waals surface area contributed by atoms with E-state index in [0.717, 1.165) is 35.8 Å². The Morgan fingerprint density at radius 3 is 2.91 bits per heavy atom. The molecule has 0 spiro atoms. The lowest BCUT2D eigenvalue weighted by atomic mass is 9.55. The van der Waals surface area contributed by atoms with Gasteiger partial charge in [-0.1, -0.05) is 55.5 Å². The lowest BCUT2D eigenvalue weighted by Crippen LogP contribution is -2.46. The molecule has 182 valence electrons. The SMILES string of the molecule is C=C1CCC[C@]2(C)C[C@H]3OC(=O)[C@@H](CN(C)C[C@H](O)COc4cccc5ccccc45)[C@@H]3C[C@@H]12. The van der Waals surface area contributed by atoms with Crippen molar-refractivity contribution in [2.75, 3.05) is 26.7 Å². The molecule has 1 saturated heterocycles. The number of rotatable bonds is 7. The summed E-state index contributed by atoms with van der Waals surface area (Å²) in [6, 6.07) is 14.0. The highest BCUT2D eigenvalue weighted by molar-refractivity contribution is 5.88. The van der Waals surface area contributed by atoms with Gasteiger partial charge >= 0.3 is 5.97 Å². The van der Waals surface area contributed by atoms with E-state index in [9.17, 15) is 9.90 Å². The van der Waals surface area contributed by atoms with Gasteiger partial charge in [-0.05, 0) is 61.9 Å². The number of carbonyl (C=O) groups excluding carboxylic acids is 1. The van der Waals surface area contributed by atoms with Gasteiger partial charge in [0.15, 0.2) is 0 Å². The van der Waals surface area contributed by atoms with E-state index in [1.54, 1.807) is 0 Å². The molecule has 2 saturated carbocycles. The Hall–Kier alpha value is -2.37. The number of hydrogen-bond donors (Lipinski definition) is 1. The first-order valence-corrected chi connectivity index (χ1v) is 12.7. The molecule has 2 aromatic rings. The molecule has 0 radical (unpaired) electrons. The number of benzene rings is 2. The molecular weight excluding hydrogens is 426 g/mol. The third-order valence-corrected chi connectivity index (χ3v) is 8.53. The average molecular weight is 464 g/mol. The van der Waals surface area contributed by atoms with E-state index < -0.39 is 6.10 Å². The number of fused-ring (bicyclic) bond motifs is 3. The quantitative estimate of drug-likeness (QED) is 0.471. The van der Waals surface area contributed by atoms with Crippen LogP contribution in [0.25, 0.3) is 10.8 Å². The van der Waals surface area contributed by atoms with Gasteiger partial charge in [0.2, 0.25) is 0 Å². The average Bonchev–Trinajstić information content (AvgIpc) is 3.09. The second kappa shape index (κ2) is 9.35. The van der Waals surface area contributed by atoms with Crippen molar-refractivity contribution in [3.05, 3.63) is 54.6 Å². The summed E-state index contributed by atoms with van der Waals surface area (Å²) < 4.78 is 11.9. The molecule has 5 heteroatoms. The molecule has 3 fully saturated rings. The Labute approximate surface area is 202 Å². The molecular formula is C29H37NO4. The molecule has 5 rings (SSSR count). The summed E-state index contributed by atoms with van der Waals surface area (Å²) in [6.45, 7) is 7.99. The Morgan fingerprint density at radius 2 is 2.06 bits per heavy atom. The zero-order chi connectivity index (χ0) is 23.9. The van der Waals surface area contributed by atoms with Crippen molar-refractivity contribution in [3.63, 3.8) is 0 Å². The zero-order valence-corrected chi connectivity index (χ0v) is 20.4. The summed E-state index contributed by atoms with van der Waals surface area (Å²) in [5.41, 5.74) is 1.58. The first kappa shape index (κ1) is 23.4. The van der Waals surface area contributed by atoms with Crippen molar-refractivity contribution in [3.8, 4) is 5.75 Å². The summed E-state index contributed by atoms with van der Waals surface area (Å²) >= 11 is 0. The monoisotopic (exact) mass is 463 g/mol. The minimum Gasteiger partial charge on any atom is -0.490 e. The van der Waals surface area contributed by atoms with E-state index in [1.807, 2.05) is 37.4 Å². The lowest BCUT2D eigenvalue weighted by molar-refractivity contribution is -0.146. The Bertz CT molecular complexity index is 1060. The van der Waals surface area contributed by atoms with Crippen molar-refractivity contribution in [1.29, 1.82) is 0 Å². The van der Waals surface area contributed by atoms with E-state index >= 15 is 0 Å². The third kappa shape index (κ3) is 4.48. The predicted octanol–water partition coefficient (Wildman–Crippen LogP) is 4.83. The number of allylic oxidation sites excluding steroid dienone is 1. The highest BCUT2D eigenvalue weighted by atomic mass is 16.6. The van der Waals surface area contributed by atoms with Gasteiger partial charge in [0.1, 0.15) is 24.6 Å². The minimum atomic E-state index is -0.648. The molecule has 0 aromatic heterocycles. The van der Waals surface area contributed by atoms with E-state index in [0.29, 0.717) is 19.0 Å². The molecule has 2 aromatic carbocycles. The highest BCUT2D eigenvalue weighted by Gasteiger charge is 2.55. The van der Waals surface area contributed by atoms with Gasteiger partial charge in [0.05, 0.1) is 5.92 Å². The fourth-order valence-corrected chi connectivity index (χ4v) is 6.80. The van der Waals surface area contributed by atoms with Crippen LogP contribution >= 0.6 is 0 Å². The lowest BCUT2D eigenvalue weighted by Gasteiger charge is -2.50. The number of nitrogens with zero attached hydrogens (tertiary/aromatic N) is 1. The Morgan fingerprint density at radius 1 is 1.26 bits per heavy atom. The number of esters is 1. The molecule has 1 aliphatic heterocycles. The number of hydrogen-bond acceptors (Lipinski definition) is 5. The van der Waals surface area contributed by atoms with E-state index in [-0.39, 0.29) is 35.9 Å². The molecule has 1 N–H and O–H groups in total. The zero-order valence-electron chi connectivity index (χ0n) is 20.4. The molecule has 0 bridgehead atoms. The first-order valence-electron chi connectivity index (χ1n) is 12.7. The van der Waals surface area contributed by atoms with E-state index in [4.69, 9.17) is 9.47 Å². The second-order valence-electron chi connectivity index (χ2n) is 11.1. The van der Waals surface area contributed by atoms with E-state index in [2.05, 4.69) is 30.5 Å². The topological polar surface area (TPSA) is 59.0 Å². The van der Waals surface area contributed by atoms with E-state index in [1.165, 1.54) is 18.4 Å². The Balaban J connectivity index is 1.17. The van der Waals surface area contributed by atoms with Crippen LogP contribution in [0.4, 0.5) is 0 Å². The summed E-state index contributed by atoms with van der Waals surface area (Å²) in [4.78, 5) is 14.9. The van der Waals surface area contributed by atoms with Crippen LogP contribution in [0, 0.1) is 23.2 Å². The van der Waals surface area contributed by atoms with Gasteiger partial charge in [-0.2, -0.15) is 0 Å². The van der Waals surface area contributed by atoms with Gasteiger partial charge in [0.25, 0.3) is 0 Å². The summed E-state index contributed by atoms with van der Waals surface area (Å²) in [7, 11) is 1.97. The van der Waals surface area contributed by atoms with Gasteiger partial charge in [-0.25, -0.2) is 0 Å². The van der Waals surface area contributed by atoms with Crippen LogP contribution in [0.3, 0.4) is 0 Å². The maximum Gasteiger partial charge on any atom is 0.310 e. The fourth-order valence-electron chi connectivity index (χ4n) is 6.80. The number of likely N-dealkylation sites (N-methyl/N-ethyl adjacent to an activating group) is 1. The van der Waals surface area contributed by atoms with Crippen LogP contribution in [-0.2, 0) is 9.53 Å². The molecule has 0 unspecified atom stereocenters. The van der Waals surface area contributed by atoms with Crippen LogP contribution in [-0.4, -0.2) is 54.9 Å². The van der Waals surface area contributed by atoms with Gasteiger partial charge in [-0.15, -0.1) is 0 Å². The van der Waals surface area contributed by atoms with Gasteiger partial charge in [0, 0.05) is 24.4 Å². The summed E-state index contributed by atoms with van der Waals surface area (Å²) in [5.74, 6) is 1.30. The summed E-state index contributed by atoms with van der Waals surface area (Å²) in [6.07, 6.45) is 4.83. The standard InChI is InChI=1S/C29H37NO4/c1-19-8-7-13-29(2)15-27-23(14-25(19)29)24(28(32)34-27)17-30(3)16-21(31)18-33-26-12-6-10-20-9-4-5-11-22(20)26/h4-6,9-12,21,23-25,27,31H,1,7-8,13-18H2,2-3H3/t21-,23-,24-,25-,27+,29+/m0/s1. The fraction of sp³-hybridized carbons (Fsp3) is 0.552. The van der Waals surface area contributed by atoms with Crippen molar-refractivity contribution >= 4 is 16.7 Å². The minimum absolute atomic E-state index is 0.0256. The Kier molecular flexibility index (Phi) is 6.43. The van der Waals surface area contributed by atoms with Crippen molar-refractivity contribution in [2.45, 2.75) is 51.2 Å². The number of aliphatic hydroxyl groups excluding tert-OH is 1. The smallest absolute Gasteiger partial charge is 0.310 e. The highest BCUT2D eigenvalue weighted by Crippen LogP contribution is 2.56. The van der Waals surface area contributed by atoms with Crippen molar-refractivity contribution < 1.29 is 19.4 Å². The largest absolute Gasteiger partial charge is 0.490 e. The van der Waals surface area contributed by atoms with Crippen LogP contribution < -0.4 is 4.74 Å². The number of ether oxygens (including phenoxy) is 2. The van der Waals surface area contributed by atoms with Crippen molar-refractivity contribution in [1.82, 2.24) is 4.90 Å². The van der Waals surface area contributed by atoms with Gasteiger partial charge < -0.3 is 19.5 Å². The first-order chi connectivity index (χ1) is 16.3. The normalized spacial score (nSPS) is 31.8. The van der Waals surface area contributed by atoms with Crippen LogP contribution in [0.1, 0.15) is 39.0 Å². The maximum atomic E-state index is 12.8. The molecule has 2 aliphatic carbocycles. The second-order valence-corrected chi connectivity index (χ2v) is 11.1. The summed E-state index contributed by atoms with van der Waals surface area (Å²) in [5, 5.41) is 12.8. The van der Waals surface area contributed by atoms with Crippen LogP contribution in [0.2, 0.25) is 0 Å². The molecule has 3 aliphatic rings. The predicted molar refractivity (Wildman–Crippen MR) is 134 cm³/mol. The number of aliphatic hydroxyl groups is 1. The van der Waals surface area contributed by atoms with Crippen LogP contribution in [0.15, 0.2) is 54.6 Å².